The van der Waals surface area contributed by atoms with Crippen LogP contribution in [0.1, 0.15) is 45.5 Å². The number of carbonyl (C=O) groups excluding carboxylic acids is 1. The highest BCUT2D eigenvalue weighted by atomic mass is 127. The maximum absolute atomic E-state index is 12.9. The first-order valence-electron chi connectivity index (χ1n) is 11.0. The molecule has 2 aromatic carbocycles. The molecule has 0 fully saturated rings. The Morgan fingerprint density at radius 2 is 1.83 bits per heavy atom. The van der Waals surface area contributed by atoms with Crippen molar-refractivity contribution < 1.29 is 9.53 Å². The second kappa shape index (κ2) is 11.5. The molecule has 176 valence electrons. The minimum Gasteiger partial charge on any atom is -0.487 e. The van der Waals surface area contributed by atoms with E-state index in [1.807, 2.05) is 30.3 Å². The second-order valence-electron chi connectivity index (χ2n) is 8.24. The Morgan fingerprint density at radius 1 is 1.14 bits per heavy atom. The maximum atomic E-state index is 12.9. The van der Waals surface area contributed by atoms with Crippen molar-refractivity contribution in [2.24, 2.45) is 0 Å². The quantitative estimate of drug-likeness (QED) is 0.168. The van der Waals surface area contributed by atoms with E-state index in [2.05, 4.69) is 75.6 Å². The summed E-state index contributed by atoms with van der Waals surface area (Å²) in [6.45, 7) is 2.51. The van der Waals surface area contributed by atoms with E-state index in [0.717, 1.165) is 60.1 Å². The summed E-state index contributed by atoms with van der Waals surface area (Å²) >= 11 is 5.87. The van der Waals surface area contributed by atoms with Crippen molar-refractivity contribution in [3.05, 3.63) is 81.8 Å². The van der Waals surface area contributed by atoms with Gasteiger partial charge in [0.05, 0.1) is 12.7 Å². The lowest BCUT2D eigenvalue weighted by Gasteiger charge is -2.12. The Hall–Kier alpha value is -2.41. The van der Waals surface area contributed by atoms with Gasteiger partial charge in [-0.2, -0.15) is 10.5 Å². The first-order valence-corrected chi connectivity index (χ1v) is 14.0. The third-order valence-electron chi connectivity index (χ3n) is 5.71. The molecule has 1 aliphatic rings. The van der Waals surface area contributed by atoms with Crippen LogP contribution in [0.3, 0.4) is 0 Å². The Morgan fingerprint density at radius 3 is 2.49 bits per heavy atom. The molecule has 3 aromatic rings. The van der Waals surface area contributed by atoms with Gasteiger partial charge in [0.2, 0.25) is 0 Å². The Balaban J connectivity index is 1.52. The number of nitriles is 2. The minimum atomic E-state index is -0.507. The second-order valence-corrected chi connectivity index (χ2v) is 11.7. The van der Waals surface area contributed by atoms with E-state index in [1.165, 1.54) is 16.9 Å². The highest BCUT2D eigenvalue weighted by Crippen LogP contribution is 2.38. The number of fused-ring (bicyclic) bond motifs is 1. The third kappa shape index (κ3) is 6.05. The average Bonchev–Trinajstić information content (AvgIpc) is 3.19. The molecule has 4 rings (SSSR count). The normalized spacial score (nSPS) is 12.9. The number of amides is 1. The van der Waals surface area contributed by atoms with Crippen LogP contribution in [0.15, 0.2) is 42.0 Å². The summed E-state index contributed by atoms with van der Waals surface area (Å²) in [5.41, 5.74) is 4.59. The summed E-state index contributed by atoms with van der Waals surface area (Å²) in [7, 11) is 0. The van der Waals surface area contributed by atoms with Gasteiger partial charge in [0.15, 0.2) is 0 Å². The molecule has 0 aliphatic heterocycles. The third-order valence-corrected chi connectivity index (χ3v) is 8.52. The molecule has 8 heteroatoms. The fraction of sp³-hybridized carbons (Fsp3) is 0.222. The number of nitrogens with zero attached hydrogens (tertiary/aromatic N) is 2. The van der Waals surface area contributed by atoms with E-state index in [9.17, 15) is 15.3 Å². The van der Waals surface area contributed by atoms with Gasteiger partial charge in [0, 0.05) is 4.88 Å². The van der Waals surface area contributed by atoms with Gasteiger partial charge in [-0.25, -0.2) is 0 Å². The Bertz CT molecular complexity index is 1370. The molecular weight excluding hydrogens is 684 g/mol. The fourth-order valence-corrected chi connectivity index (χ4v) is 7.26. The van der Waals surface area contributed by atoms with Crippen LogP contribution in [0.5, 0.6) is 5.75 Å². The maximum Gasteiger partial charge on any atom is 0.266 e. The van der Waals surface area contributed by atoms with Crippen LogP contribution >= 0.6 is 56.5 Å². The van der Waals surface area contributed by atoms with Crippen LogP contribution in [0.25, 0.3) is 6.08 Å². The van der Waals surface area contributed by atoms with Crippen molar-refractivity contribution in [2.75, 3.05) is 5.32 Å². The number of nitrogens with one attached hydrogen (secondary N) is 1. The predicted molar refractivity (Wildman–Crippen MR) is 155 cm³/mol. The molecule has 1 amide bonds. The van der Waals surface area contributed by atoms with Gasteiger partial charge in [-0.15, -0.1) is 11.3 Å². The van der Waals surface area contributed by atoms with Crippen molar-refractivity contribution in [3.63, 3.8) is 0 Å². The lowest BCUT2D eigenvalue weighted by molar-refractivity contribution is -0.112. The summed E-state index contributed by atoms with van der Waals surface area (Å²) in [6.07, 6.45) is 5.51. The standard InChI is InChI=1S/C27H21I2N3O2S/c1-16-6-8-17(9-7-16)15-34-25-22(28)11-18(12-23(25)29)10-19(13-30)26(33)32-27-21(14-31)20-4-2-3-5-24(20)35-27/h6-12H,2-5,15H2,1H3,(H,32,33)/b19-10+. The number of hydrogen-bond donors (Lipinski definition) is 1. The molecule has 0 saturated carbocycles. The molecule has 5 nitrogen and oxygen atoms in total. The number of halogens is 2. The number of carbonyl (C=O) groups is 1. The number of rotatable bonds is 6. The highest BCUT2D eigenvalue weighted by Gasteiger charge is 2.23. The zero-order valence-electron chi connectivity index (χ0n) is 19.0. The molecule has 0 spiro atoms. The van der Waals surface area contributed by atoms with E-state index < -0.39 is 5.91 Å². The van der Waals surface area contributed by atoms with E-state index in [4.69, 9.17) is 4.74 Å². The van der Waals surface area contributed by atoms with Crippen molar-refractivity contribution >= 4 is 73.5 Å². The molecule has 1 N–H and O–H groups in total. The number of benzene rings is 2. The predicted octanol–water partition coefficient (Wildman–Crippen LogP) is 7.14. The van der Waals surface area contributed by atoms with E-state index in [0.29, 0.717) is 17.2 Å². The van der Waals surface area contributed by atoms with Crippen LogP contribution in [0, 0.1) is 36.7 Å². The lowest BCUT2D eigenvalue weighted by Crippen LogP contribution is -2.13. The van der Waals surface area contributed by atoms with Crippen LogP contribution in [0.4, 0.5) is 5.00 Å². The Kier molecular flexibility index (Phi) is 8.47. The average molecular weight is 705 g/mol. The number of aryl methyl sites for hydroxylation is 2. The molecule has 1 heterocycles. The van der Waals surface area contributed by atoms with Crippen LogP contribution < -0.4 is 10.1 Å². The van der Waals surface area contributed by atoms with Crippen molar-refractivity contribution in [1.29, 1.82) is 10.5 Å². The molecule has 0 radical (unpaired) electrons. The van der Waals surface area contributed by atoms with E-state index >= 15 is 0 Å². The summed E-state index contributed by atoms with van der Waals surface area (Å²) < 4.78 is 7.85. The van der Waals surface area contributed by atoms with E-state index in [-0.39, 0.29) is 5.57 Å². The van der Waals surface area contributed by atoms with Crippen LogP contribution in [-0.2, 0) is 24.2 Å². The van der Waals surface area contributed by atoms with Gasteiger partial charge < -0.3 is 10.1 Å². The van der Waals surface area contributed by atoms with Gasteiger partial charge in [-0.1, -0.05) is 29.8 Å². The summed E-state index contributed by atoms with van der Waals surface area (Å²) in [5.74, 6) is 0.266. The fourth-order valence-electron chi connectivity index (χ4n) is 3.90. The summed E-state index contributed by atoms with van der Waals surface area (Å²) in [4.78, 5) is 14.1. The highest BCUT2D eigenvalue weighted by molar-refractivity contribution is 14.1. The lowest BCUT2D eigenvalue weighted by atomic mass is 9.96. The topological polar surface area (TPSA) is 85.9 Å². The SMILES string of the molecule is Cc1ccc(COc2c(I)cc(/C=C(\C#N)C(=O)Nc3sc4c(c3C#N)CCCC4)cc2I)cc1. The zero-order chi connectivity index (χ0) is 24.9. The molecule has 35 heavy (non-hydrogen) atoms. The number of hydrogen-bond acceptors (Lipinski definition) is 5. The van der Waals surface area contributed by atoms with Crippen molar-refractivity contribution in [2.45, 2.75) is 39.2 Å². The van der Waals surface area contributed by atoms with Crippen molar-refractivity contribution in [1.82, 2.24) is 0 Å². The molecule has 0 bridgehead atoms. The molecule has 1 aliphatic carbocycles. The number of ether oxygens (including phenoxy) is 1. The Labute approximate surface area is 236 Å². The van der Waals surface area contributed by atoms with Crippen LogP contribution in [-0.4, -0.2) is 5.91 Å². The van der Waals surface area contributed by atoms with Gasteiger partial charge >= 0.3 is 0 Å². The smallest absolute Gasteiger partial charge is 0.266 e. The zero-order valence-corrected chi connectivity index (χ0v) is 24.1. The summed E-state index contributed by atoms with van der Waals surface area (Å²) in [6, 6.07) is 16.2. The molecule has 0 atom stereocenters. The van der Waals surface area contributed by atoms with E-state index in [1.54, 1.807) is 6.08 Å². The van der Waals surface area contributed by atoms with Gasteiger partial charge in [0.25, 0.3) is 5.91 Å². The molecular formula is C27H21I2N3O2S. The first kappa shape index (κ1) is 25.7. The number of thiophene rings is 1. The minimum absolute atomic E-state index is 0.0137. The summed E-state index contributed by atoms with van der Waals surface area (Å²) in [5, 5.41) is 22.7. The van der Waals surface area contributed by atoms with Crippen molar-refractivity contribution in [3.8, 4) is 17.9 Å². The first-order chi connectivity index (χ1) is 16.9. The molecule has 0 unspecified atom stereocenters. The van der Waals surface area contributed by atoms with Gasteiger partial charge in [-0.3, -0.25) is 4.79 Å². The molecule has 0 saturated heterocycles. The van der Waals surface area contributed by atoms with Crippen LogP contribution in [0.2, 0.25) is 0 Å². The number of anilines is 1. The van der Waals surface area contributed by atoms with Gasteiger partial charge in [0.1, 0.15) is 35.1 Å². The largest absolute Gasteiger partial charge is 0.487 e. The monoisotopic (exact) mass is 705 g/mol. The molecule has 1 aromatic heterocycles. The van der Waals surface area contributed by atoms with Gasteiger partial charge in [-0.05, 0) is 113 Å².